The minimum Gasteiger partial charge on any atom is -0.478 e. The fourth-order valence-corrected chi connectivity index (χ4v) is 3.56. The molecule has 0 aliphatic rings. The zero-order valence-electron chi connectivity index (χ0n) is 8.59. The maximum Gasteiger partial charge on any atom is 0.335 e. The summed E-state index contributed by atoms with van der Waals surface area (Å²) < 4.78 is 1.83. The number of thiazole rings is 1. The molecule has 0 amide bonds. The number of carboxylic acid groups (broad SMARTS) is 1. The molecule has 0 saturated carbocycles. The first-order valence-electron chi connectivity index (χ1n) is 4.71. The molecular formula is C11H8BrNO2S2. The van der Waals surface area contributed by atoms with Gasteiger partial charge in [0.05, 0.1) is 5.56 Å². The van der Waals surface area contributed by atoms with Crippen LogP contribution in [0.3, 0.4) is 0 Å². The molecule has 2 rings (SSSR count). The van der Waals surface area contributed by atoms with Gasteiger partial charge in [0.2, 0.25) is 0 Å². The fourth-order valence-electron chi connectivity index (χ4n) is 1.22. The van der Waals surface area contributed by atoms with Crippen molar-refractivity contribution in [1.82, 2.24) is 4.98 Å². The van der Waals surface area contributed by atoms with Crippen LogP contribution >= 0.6 is 39.0 Å². The normalized spacial score (nSPS) is 10.4. The minimum absolute atomic E-state index is 0.292. The molecule has 88 valence electrons. The highest BCUT2D eigenvalue weighted by atomic mass is 79.9. The fraction of sp³-hybridized carbons (Fsp3) is 0.0909. The van der Waals surface area contributed by atoms with Gasteiger partial charge in [-0.15, -0.1) is 11.3 Å². The molecule has 0 unspecified atom stereocenters. The molecule has 0 atom stereocenters. The lowest BCUT2D eigenvalue weighted by Crippen LogP contribution is -1.96. The number of benzene rings is 1. The van der Waals surface area contributed by atoms with Crippen molar-refractivity contribution in [2.45, 2.75) is 10.1 Å². The van der Waals surface area contributed by atoms with E-state index < -0.39 is 5.97 Å². The van der Waals surface area contributed by atoms with Crippen molar-refractivity contribution in [3.63, 3.8) is 0 Å². The molecular weight excluding hydrogens is 322 g/mol. The topological polar surface area (TPSA) is 50.2 Å². The van der Waals surface area contributed by atoms with Crippen LogP contribution in [0.1, 0.15) is 15.9 Å². The summed E-state index contributed by atoms with van der Waals surface area (Å²) in [6.07, 6.45) is 1.77. The van der Waals surface area contributed by atoms with Crippen molar-refractivity contribution in [1.29, 1.82) is 0 Å². The highest BCUT2D eigenvalue weighted by Crippen LogP contribution is 2.28. The molecule has 0 spiro atoms. The minimum atomic E-state index is -0.912. The summed E-state index contributed by atoms with van der Waals surface area (Å²) in [6, 6.07) is 5.07. The number of hydrogen-bond acceptors (Lipinski definition) is 4. The Morgan fingerprint density at radius 2 is 2.35 bits per heavy atom. The number of hydrogen-bond donors (Lipinski definition) is 1. The van der Waals surface area contributed by atoms with E-state index in [0.29, 0.717) is 5.56 Å². The van der Waals surface area contributed by atoms with Crippen LogP contribution in [-0.2, 0) is 5.75 Å². The lowest BCUT2D eigenvalue weighted by atomic mass is 10.1. The van der Waals surface area contributed by atoms with E-state index in [4.69, 9.17) is 5.11 Å². The molecule has 0 bridgehead atoms. The second-order valence-electron chi connectivity index (χ2n) is 3.20. The van der Waals surface area contributed by atoms with E-state index in [1.54, 1.807) is 41.4 Å². The summed E-state index contributed by atoms with van der Waals surface area (Å²) in [4.78, 5) is 15.0. The summed E-state index contributed by atoms with van der Waals surface area (Å²) in [5.74, 6) is -0.140. The standard InChI is InChI=1S/C11H8BrNO2S2/c12-9-5-7(10(14)15)1-2-8(9)6-17-11-13-3-4-16-11/h1-5H,6H2,(H,14,15). The molecule has 0 saturated heterocycles. The van der Waals surface area contributed by atoms with Gasteiger partial charge in [-0.05, 0) is 17.7 Å². The number of halogens is 1. The Bertz CT molecular complexity index is 528. The molecule has 0 aliphatic carbocycles. The average molecular weight is 330 g/mol. The second-order valence-corrected chi connectivity index (χ2v) is 6.17. The van der Waals surface area contributed by atoms with Crippen LogP contribution in [0.2, 0.25) is 0 Å². The van der Waals surface area contributed by atoms with Crippen LogP contribution in [0, 0.1) is 0 Å². The number of nitrogens with zero attached hydrogens (tertiary/aromatic N) is 1. The second kappa shape index (κ2) is 5.66. The summed E-state index contributed by atoms with van der Waals surface area (Å²) in [6.45, 7) is 0. The van der Waals surface area contributed by atoms with Crippen molar-refractivity contribution < 1.29 is 9.90 Å². The van der Waals surface area contributed by atoms with Gasteiger partial charge in [0.15, 0.2) is 0 Å². The van der Waals surface area contributed by atoms with Crippen LogP contribution in [0.4, 0.5) is 0 Å². The van der Waals surface area contributed by atoms with E-state index >= 15 is 0 Å². The highest BCUT2D eigenvalue weighted by Gasteiger charge is 2.07. The van der Waals surface area contributed by atoms with Crippen molar-refractivity contribution in [3.05, 3.63) is 45.4 Å². The first-order chi connectivity index (χ1) is 8.16. The maximum atomic E-state index is 10.8. The van der Waals surface area contributed by atoms with Gasteiger partial charge in [-0.25, -0.2) is 9.78 Å². The van der Waals surface area contributed by atoms with E-state index in [9.17, 15) is 4.79 Å². The lowest BCUT2D eigenvalue weighted by Gasteiger charge is -2.04. The Balaban J connectivity index is 2.09. The van der Waals surface area contributed by atoms with Gasteiger partial charge in [0, 0.05) is 21.8 Å². The lowest BCUT2D eigenvalue weighted by molar-refractivity contribution is 0.0697. The van der Waals surface area contributed by atoms with Crippen LogP contribution in [0.5, 0.6) is 0 Å². The molecule has 1 aromatic heterocycles. The molecule has 6 heteroatoms. The van der Waals surface area contributed by atoms with Crippen LogP contribution in [0.15, 0.2) is 38.6 Å². The van der Waals surface area contributed by atoms with Gasteiger partial charge in [-0.3, -0.25) is 0 Å². The SMILES string of the molecule is O=C(O)c1ccc(CSc2nccs2)c(Br)c1. The van der Waals surface area contributed by atoms with E-state index in [-0.39, 0.29) is 0 Å². The largest absolute Gasteiger partial charge is 0.478 e. The predicted molar refractivity (Wildman–Crippen MR) is 72.8 cm³/mol. The Morgan fingerprint density at radius 1 is 1.53 bits per heavy atom. The number of carboxylic acids is 1. The zero-order chi connectivity index (χ0) is 12.3. The molecule has 17 heavy (non-hydrogen) atoms. The molecule has 3 nitrogen and oxygen atoms in total. The maximum absolute atomic E-state index is 10.8. The Morgan fingerprint density at radius 3 is 2.94 bits per heavy atom. The van der Waals surface area contributed by atoms with Crippen molar-refractivity contribution in [3.8, 4) is 0 Å². The van der Waals surface area contributed by atoms with Crippen molar-refractivity contribution in [2.75, 3.05) is 0 Å². The molecule has 0 fully saturated rings. The molecule has 1 N–H and O–H groups in total. The zero-order valence-corrected chi connectivity index (χ0v) is 11.8. The summed E-state index contributed by atoms with van der Waals surface area (Å²) in [7, 11) is 0. The Labute approximate surface area is 115 Å². The van der Waals surface area contributed by atoms with E-state index in [1.165, 1.54) is 0 Å². The Hall–Kier alpha value is -0.850. The van der Waals surface area contributed by atoms with Crippen LogP contribution < -0.4 is 0 Å². The first-order valence-corrected chi connectivity index (χ1v) is 7.36. The third-order valence-electron chi connectivity index (χ3n) is 2.06. The molecule has 0 radical (unpaired) electrons. The summed E-state index contributed by atoms with van der Waals surface area (Å²) in [5, 5.41) is 10.8. The number of aromatic carboxylic acids is 1. The molecule has 1 heterocycles. The van der Waals surface area contributed by atoms with E-state index in [2.05, 4.69) is 20.9 Å². The third-order valence-corrected chi connectivity index (χ3v) is 4.81. The van der Waals surface area contributed by atoms with Gasteiger partial charge < -0.3 is 5.11 Å². The predicted octanol–water partition coefficient (Wildman–Crippen LogP) is 3.90. The monoisotopic (exact) mass is 329 g/mol. The molecule has 0 aliphatic heterocycles. The van der Waals surface area contributed by atoms with Crippen LogP contribution in [-0.4, -0.2) is 16.1 Å². The first kappa shape index (κ1) is 12.6. The van der Waals surface area contributed by atoms with Gasteiger partial charge in [0.25, 0.3) is 0 Å². The smallest absolute Gasteiger partial charge is 0.335 e. The number of aromatic nitrogens is 1. The van der Waals surface area contributed by atoms with Gasteiger partial charge in [0.1, 0.15) is 4.34 Å². The van der Waals surface area contributed by atoms with Gasteiger partial charge >= 0.3 is 5.97 Å². The third kappa shape index (κ3) is 3.31. The van der Waals surface area contributed by atoms with E-state index in [0.717, 1.165) is 20.1 Å². The summed E-state index contributed by atoms with van der Waals surface area (Å²) in [5.41, 5.74) is 1.36. The number of rotatable bonds is 4. The quantitative estimate of drug-likeness (QED) is 0.864. The number of thioether (sulfide) groups is 1. The van der Waals surface area contributed by atoms with E-state index in [1.807, 2.05) is 11.4 Å². The molecule has 2 aromatic rings. The van der Waals surface area contributed by atoms with Crippen molar-refractivity contribution in [2.24, 2.45) is 0 Å². The average Bonchev–Trinajstić information content (AvgIpc) is 2.80. The number of carbonyl (C=O) groups is 1. The van der Waals surface area contributed by atoms with Crippen molar-refractivity contribution >= 4 is 45.0 Å². The van der Waals surface area contributed by atoms with Gasteiger partial charge in [-0.1, -0.05) is 33.8 Å². The summed E-state index contributed by atoms with van der Waals surface area (Å²) >= 11 is 6.62. The van der Waals surface area contributed by atoms with Gasteiger partial charge in [-0.2, -0.15) is 0 Å². The Kier molecular flexibility index (Phi) is 4.20. The molecule has 1 aromatic carbocycles. The highest BCUT2D eigenvalue weighted by molar-refractivity contribution is 9.10. The van der Waals surface area contributed by atoms with Crippen LogP contribution in [0.25, 0.3) is 0 Å².